The van der Waals surface area contributed by atoms with Crippen molar-refractivity contribution in [2.24, 2.45) is 0 Å². The highest BCUT2D eigenvalue weighted by atomic mass is 16.2. The fourth-order valence-electron chi connectivity index (χ4n) is 3.24. The molecule has 6 heteroatoms. The highest BCUT2D eigenvalue weighted by Gasteiger charge is 2.25. The van der Waals surface area contributed by atoms with Gasteiger partial charge in [0.2, 0.25) is 0 Å². The molecule has 28 heavy (non-hydrogen) atoms. The molecule has 0 saturated carbocycles. The summed E-state index contributed by atoms with van der Waals surface area (Å²) in [6.45, 7) is 2.08. The van der Waals surface area contributed by atoms with Crippen LogP contribution < -0.4 is 0 Å². The van der Waals surface area contributed by atoms with E-state index < -0.39 is 0 Å². The lowest BCUT2D eigenvalue weighted by atomic mass is 10.1. The first-order valence-electron chi connectivity index (χ1n) is 9.23. The summed E-state index contributed by atoms with van der Waals surface area (Å²) in [7, 11) is 0. The van der Waals surface area contributed by atoms with Crippen molar-refractivity contribution in [2.75, 3.05) is 26.2 Å². The summed E-state index contributed by atoms with van der Waals surface area (Å²) in [5.41, 5.74) is 2.73. The van der Waals surface area contributed by atoms with Gasteiger partial charge in [-0.15, -0.1) is 0 Å². The Labute approximate surface area is 163 Å². The third-order valence-electron chi connectivity index (χ3n) is 4.81. The van der Waals surface area contributed by atoms with Crippen molar-refractivity contribution in [3.05, 3.63) is 84.2 Å². The predicted octanol–water partition coefficient (Wildman–Crippen LogP) is 2.74. The van der Waals surface area contributed by atoms with Gasteiger partial charge in [-0.3, -0.25) is 19.6 Å². The minimum absolute atomic E-state index is 0.00841. The van der Waals surface area contributed by atoms with Crippen LogP contribution in [0.4, 0.5) is 0 Å². The van der Waals surface area contributed by atoms with Gasteiger partial charge in [-0.1, -0.05) is 24.3 Å². The summed E-state index contributed by atoms with van der Waals surface area (Å²) in [4.78, 5) is 37.5. The predicted molar refractivity (Wildman–Crippen MR) is 106 cm³/mol. The molecule has 0 spiro atoms. The molecule has 0 bridgehead atoms. The Balaban J connectivity index is 1.38. The summed E-state index contributed by atoms with van der Waals surface area (Å²) in [6.07, 6.45) is 3.31. The van der Waals surface area contributed by atoms with Crippen LogP contribution in [0.5, 0.6) is 0 Å². The van der Waals surface area contributed by atoms with Crippen molar-refractivity contribution in [3.8, 4) is 11.4 Å². The van der Waals surface area contributed by atoms with Gasteiger partial charge in [-0.05, 0) is 36.4 Å². The molecule has 0 atom stereocenters. The zero-order valence-corrected chi connectivity index (χ0v) is 15.4. The van der Waals surface area contributed by atoms with E-state index in [4.69, 9.17) is 0 Å². The molecule has 3 heterocycles. The molecule has 2 amide bonds. The Morgan fingerprint density at radius 2 is 1.25 bits per heavy atom. The van der Waals surface area contributed by atoms with Gasteiger partial charge in [0.05, 0.1) is 17.0 Å². The van der Waals surface area contributed by atoms with Gasteiger partial charge in [0.25, 0.3) is 11.8 Å². The molecule has 0 unspecified atom stereocenters. The normalized spacial score (nSPS) is 14.0. The standard InChI is InChI=1S/C22H20N4O2/c27-21(17-6-2-1-3-7-17)25-12-14-26(15-13-25)22(28)18-9-10-20(24-16-18)19-8-4-5-11-23-19/h1-11,16H,12-15H2. The van der Waals surface area contributed by atoms with E-state index >= 15 is 0 Å². The molecular weight excluding hydrogens is 352 g/mol. The van der Waals surface area contributed by atoms with Crippen LogP contribution in [0, 0.1) is 0 Å². The van der Waals surface area contributed by atoms with E-state index in [2.05, 4.69) is 9.97 Å². The molecule has 1 aliphatic rings. The van der Waals surface area contributed by atoms with Gasteiger partial charge in [0.15, 0.2) is 0 Å². The lowest BCUT2D eigenvalue weighted by molar-refractivity contribution is 0.0535. The topological polar surface area (TPSA) is 66.4 Å². The fraction of sp³-hybridized carbons (Fsp3) is 0.182. The maximum atomic E-state index is 12.8. The highest BCUT2D eigenvalue weighted by molar-refractivity contribution is 5.96. The number of carbonyl (C=O) groups excluding carboxylic acids is 2. The maximum Gasteiger partial charge on any atom is 0.255 e. The molecule has 6 nitrogen and oxygen atoms in total. The highest BCUT2D eigenvalue weighted by Crippen LogP contribution is 2.16. The first kappa shape index (κ1) is 17.9. The summed E-state index contributed by atoms with van der Waals surface area (Å²) >= 11 is 0. The number of hydrogen-bond acceptors (Lipinski definition) is 4. The van der Waals surface area contributed by atoms with Gasteiger partial charge < -0.3 is 9.80 Å². The lowest BCUT2D eigenvalue weighted by Crippen LogP contribution is -2.50. The molecule has 0 aliphatic carbocycles. The van der Waals surface area contributed by atoms with Crippen molar-refractivity contribution in [3.63, 3.8) is 0 Å². The summed E-state index contributed by atoms with van der Waals surface area (Å²) in [6, 6.07) is 18.5. The van der Waals surface area contributed by atoms with Crippen molar-refractivity contribution >= 4 is 11.8 Å². The van der Waals surface area contributed by atoms with Crippen molar-refractivity contribution in [2.45, 2.75) is 0 Å². The number of hydrogen-bond donors (Lipinski definition) is 0. The second-order valence-electron chi connectivity index (χ2n) is 6.60. The molecule has 1 fully saturated rings. The Morgan fingerprint density at radius 1 is 0.643 bits per heavy atom. The number of nitrogens with zero attached hydrogens (tertiary/aromatic N) is 4. The van der Waals surface area contributed by atoms with E-state index in [1.54, 1.807) is 28.3 Å². The van der Waals surface area contributed by atoms with Crippen LogP contribution in [0.25, 0.3) is 11.4 Å². The number of benzene rings is 1. The largest absolute Gasteiger partial charge is 0.335 e. The molecule has 0 N–H and O–H groups in total. The monoisotopic (exact) mass is 372 g/mol. The Hall–Kier alpha value is -3.54. The van der Waals surface area contributed by atoms with Crippen LogP contribution in [-0.4, -0.2) is 57.8 Å². The first-order chi connectivity index (χ1) is 13.7. The van der Waals surface area contributed by atoms with Crippen molar-refractivity contribution in [1.29, 1.82) is 0 Å². The minimum atomic E-state index is -0.0631. The smallest absolute Gasteiger partial charge is 0.255 e. The average molecular weight is 372 g/mol. The molecule has 3 aromatic rings. The lowest BCUT2D eigenvalue weighted by Gasteiger charge is -2.34. The Bertz CT molecular complexity index is 951. The second kappa shape index (κ2) is 8.00. The number of amides is 2. The molecular formula is C22H20N4O2. The van der Waals surface area contributed by atoms with Crippen LogP contribution >= 0.6 is 0 Å². The van der Waals surface area contributed by atoms with Gasteiger partial charge in [0.1, 0.15) is 0 Å². The van der Waals surface area contributed by atoms with E-state index in [9.17, 15) is 9.59 Å². The second-order valence-corrected chi connectivity index (χ2v) is 6.60. The molecule has 0 radical (unpaired) electrons. The molecule has 4 rings (SSSR count). The van der Waals surface area contributed by atoms with Crippen LogP contribution in [0.2, 0.25) is 0 Å². The van der Waals surface area contributed by atoms with Gasteiger partial charge in [-0.2, -0.15) is 0 Å². The molecule has 1 aliphatic heterocycles. The molecule has 1 saturated heterocycles. The SMILES string of the molecule is O=C(c1ccccc1)N1CCN(C(=O)c2ccc(-c3ccccn3)nc2)CC1. The van der Waals surface area contributed by atoms with Crippen molar-refractivity contribution in [1.82, 2.24) is 19.8 Å². The molecule has 1 aromatic carbocycles. The fourth-order valence-corrected chi connectivity index (χ4v) is 3.24. The average Bonchev–Trinajstić information content (AvgIpc) is 2.79. The maximum absolute atomic E-state index is 12.8. The van der Waals surface area contributed by atoms with E-state index in [0.717, 1.165) is 11.4 Å². The van der Waals surface area contributed by atoms with Crippen LogP contribution in [0.3, 0.4) is 0 Å². The molecule has 140 valence electrons. The third kappa shape index (κ3) is 3.76. The van der Waals surface area contributed by atoms with E-state index in [1.165, 1.54) is 0 Å². The van der Waals surface area contributed by atoms with Crippen LogP contribution in [0.15, 0.2) is 73.1 Å². The van der Waals surface area contributed by atoms with E-state index in [0.29, 0.717) is 37.3 Å². The first-order valence-corrected chi connectivity index (χ1v) is 9.23. The number of piperazine rings is 1. The van der Waals surface area contributed by atoms with Crippen molar-refractivity contribution < 1.29 is 9.59 Å². The summed E-state index contributed by atoms with van der Waals surface area (Å²) in [5.74, 6) is -0.0547. The number of aromatic nitrogens is 2. The van der Waals surface area contributed by atoms with Gasteiger partial charge in [-0.25, -0.2) is 0 Å². The Morgan fingerprint density at radius 3 is 1.82 bits per heavy atom. The zero-order chi connectivity index (χ0) is 19.3. The van der Waals surface area contributed by atoms with E-state index in [1.807, 2.05) is 54.6 Å². The summed E-state index contributed by atoms with van der Waals surface area (Å²) in [5, 5.41) is 0. The third-order valence-corrected chi connectivity index (χ3v) is 4.81. The summed E-state index contributed by atoms with van der Waals surface area (Å²) < 4.78 is 0. The Kier molecular flexibility index (Phi) is 5.10. The number of carbonyl (C=O) groups is 2. The minimum Gasteiger partial charge on any atom is -0.335 e. The molecule has 2 aromatic heterocycles. The quantitative estimate of drug-likeness (QED) is 0.709. The number of pyridine rings is 2. The van der Waals surface area contributed by atoms with Crippen LogP contribution in [0.1, 0.15) is 20.7 Å². The van der Waals surface area contributed by atoms with Gasteiger partial charge >= 0.3 is 0 Å². The van der Waals surface area contributed by atoms with Crippen LogP contribution in [-0.2, 0) is 0 Å². The zero-order valence-electron chi connectivity index (χ0n) is 15.4. The number of rotatable bonds is 3. The van der Waals surface area contributed by atoms with E-state index in [-0.39, 0.29) is 11.8 Å². The van der Waals surface area contributed by atoms with Gasteiger partial charge in [0, 0.05) is 44.1 Å².